The van der Waals surface area contributed by atoms with Gasteiger partial charge in [0.15, 0.2) is 0 Å². The van der Waals surface area contributed by atoms with E-state index < -0.39 is 0 Å². The maximum atomic E-state index is 5.73. The minimum atomic E-state index is 0.644. The monoisotopic (exact) mass is 223 g/mol. The Morgan fingerprint density at radius 1 is 1.53 bits per heavy atom. The first-order valence-corrected chi connectivity index (χ1v) is 6.44. The van der Waals surface area contributed by atoms with Crippen molar-refractivity contribution in [1.82, 2.24) is 4.37 Å². The molecule has 2 aliphatic rings. The van der Waals surface area contributed by atoms with E-state index in [1.165, 1.54) is 42.2 Å². The van der Waals surface area contributed by atoms with Crippen LogP contribution in [-0.2, 0) is 0 Å². The van der Waals surface area contributed by atoms with Crippen molar-refractivity contribution in [2.24, 2.45) is 11.3 Å². The Bertz CT molecular complexity index is 377. The predicted molar refractivity (Wildman–Crippen MR) is 64.1 cm³/mol. The van der Waals surface area contributed by atoms with Crippen molar-refractivity contribution in [3.05, 3.63) is 5.56 Å². The quantitative estimate of drug-likeness (QED) is 0.825. The van der Waals surface area contributed by atoms with E-state index in [1.807, 2.05) is 6.92 Å². The van der Waals surface area contributed by atoms with Gasteiger partial charge in [-0.25, -0.2) is 0 Å². The Balaban J connectivity index is 1.64. The van der Waals surface area contributed by atoms with Gasteiger partial charge in [-0.05, 0) is 55.5 Å². The minimum Gasteiger partial charge on any atom is -0.383 e. The van der Waals surface area contributed by atoms with Crippen molar-refractivity contribution in [3.63, 3.8) is 0 Å². The number of rotatable bonds is 4. The molecular weight excluding hydrogens is 206 g/mol. The Hall–Kier alpha value is -0.770. The van der Waals surface area contributed by atoms with Crippen LogP contribution in [0.5, 0.6) is 0 Å². The summed E-state index contributed by atoms with van der Waals surface area (Å²) >= 11 is 1.49. The summed E-state index contributed by atoms with van der Waals surface area (Å²) in [5, 5.41) is 4.70. The SMILES string of the molecule is Cc1c(N)nsc1NCC1(C2CC2)CC1. The molecule has 1 aromatic heterocycles. The Kier molecular flexibility index (Phi) is 1.96. The van der Waals surface area contributed by atoms with Crippen LogP contribution >= 0.6 is 11.5 Å². The standard InChI is InChI=1S/C11H17N3S/c1-7-9(12)14-15-10(7)13-6-11(4-5-11)8-2-3-8/h8,13H,2-6H2,1H3,(H2,12,14). The van der Waals surface area contributed by atoms with Crippen molar-refractivity contribution in [1.29, 1.82) is 0 Å². The van der Waals surface area contributed by atoms with E-state index in [4.69, 9.17) is 5.73 Å². The summed E-state index contributed by atoms with van der Waals surface area (Å²) in [5.41, 5.74) is 7.49. The van der Waals surface area contributed by atoms with E-state index in [9.17, 15) is 0 Å². The molecule has 0 aliphatic heterocycles. The van der Waals surface area contributed by atoms with Crippen LogP contribution in [0.3, 0.4) is 0 Å². The maximum Gasteiger partial charge on any atom is 0.142 e. The Morgan fingerprint density at radius 2 is 2.27 bits per heavy atom. The highest BCUT2D eigenvalue weighted by Crippen LogP contribution is 2.61. The van der Waals surface area contributed by atoms with Crippen LogP contribution in [-0.4, -0.2) is 10.9 Å². The number of nitrogens with two attached hydrogens (primary N) is 1. The first kappa shape index (κ1) is 9.46. The van der Waals surface area contributed by atoms with Gasteiger partial charge < -0.3 is 11.1 Å². The molecule has 0 unspecified atom stereocenters. The number of hydrogen-bond donors (Lipinski definition) is 2. The van der Waals surface area contributed by atoms with Gasteiger partial charge in [-0.3, -0.25) is 0 Å². The molecule has 4 heteroatoms. The summed E-state index contributed by atoms with van der Waals surface area (Å²) in [5.74, 6) is 1.69. The fourth-order valence-corrected chi connectivity index (χ4v) is 3.06. The largest absolute Gasteiger partial charge is 0.383 e. The van der Waals surface area contributed by atoms with E-state index in [1.54, 1.807) is 0 Å². The van der Waals surface area contributed by atoms with Gasteiger partial charge in [0.05, 0.1) is 0 Å². The molecule has 3 rings (SSSR count). The number of nitrogens with one attached hydrogen (secondary N) is 1. The highest BCUT2D eigenvalue weighted by atomic mass is 32.1. The van der Waals surface area contributed by atoms with Gasteiger partial charge in [-0.2, -0.15) is 4.37 Å². The lowest BCUT2D eigenvalue weighted by Gasteiger charge is -2.14. The highest BCUT2D eigenvalue weighted by molar-refractivity contribution is 7.10. The summed E-state index contributed by atoms with van der Waals surface area (Å²) in [6.07, 6.45) is 5.73. The van der Waals surface area contributed by atoms with Gasteiger partial charge in [0, 0.05) is 12.1 Å². The van der Waals surface area contributed by atoms with Gasteiger partial charge in [0.25, 0.3) is 0 Å². The molecule has 1 heterocycles. The van der Waals surface area contributed by atoms with E-state index in [2.05, 4.69) is 9.69 Å². The van der Waals surface area contributed by atoms with Crippen LogP contribution < -0.4 is 11.1 Å². The molecule has 0 saturated heterocycles. The van der Waals surface area contributed by atoms with Gasteiger partial charge in [0.2, 0.25) is 0 Å². The third-order valence-corrected chi connectivity index (χ3v) is 4.82. The fourth-order valence-electron chi connectivity index (χ4n) is 2.35. The lowest BCUT2D eigenvalue weighted by molar-refractivity contribution is 0.467. The first-order valence-electron chi connectivity index (χ1n) is 5.67. The molecule has 2 saturated carbocycles. The summed E-state index contributed by atoms with van der Waals surface area (Å²) in [7, 11) is 0. The molecule has 3 N–H and O–H groups in total. The minimum absolute atomic E-state index is 0.644. The molecule has 0 atom stereocenters. The molecule has 0 aromatic carbocycles. The first-order chi connectivity index (χ1) is 7.21. The van der Waals surface area contributed by atoms with Crippen LogP contribution in [0.1, 0.15) is 31.2 Å². The zero-order valence-electron chi connectivity index (χ0n) is 9.05. The molecule has 2 fully saturated rings. The smallest absolute Gasteiger partial charge is 0.142 e. The van der Waals surface area contributed by atoms with Crippen molar-refractivity contribution in [2.75, 3.05) is 17.6 Å². The molecule has 2 aliphatic carbocycles. The van der Waals surface area contributed by atoms with Crippen molar-refractivity contribution in [3.8, 4) is 0 Å². The van der Waals surface area contributed by atoms with Gasteiger partial charge in [0.1, 0.15) is 10.8 Å². The summed E-state index contributed by atoms with van der Waals surface area (Å²) < 4.78 is 4.15. The molecule has 3 nitrogen and oxygen atoms in total. The van der Waals surface area contributed by atoms with Gasteiger partial charge in [-0.1, -0.05) is 0 Å². The molecule has 82 valence electrons. The molecule has 1 aromatic rings. The molecule has 0 radical (unpaired) electrons. The molecule has 0 amide bonds. The Labute approximate surface area is 94.2 Å². The number of nitrogen functional groups attached to an aromatic ring is 1. The average molecular weight is 223 g/mol. The number of aromatic nitrogens is 1. The average Bonchev–Trinajstić information content (AvgIpc) is 3.10. The fraction of sp³-hybridized carbons (Fsp3) is 0.727. The van der Waals surface area contributed by atoms with Crippen molar-refractivity contribution in [2.45, 2.75) is 32.6 Å². The van der Waals surface area contributed by atoms with Gasteiger partial charge in [-0.15, -0.1) is 0 Å². The van der Waals surface area contributed by atoms with Crippen LogP contribution in [0.4, 0.5) is 10.8 Å². The van der Waals surface area contributed by atoms with Gasteiger partial charge >= 0.3 is 0 Å². The summed E-state index contributed by atoms with van der Waals surface area (Å²) in [4.78, 5) is 0. The third-order valence-electron chi connectivity index (χ3n) is 3.90. The molecule has 15 heavy (non-hydrogen) atoms. The summed E-state index contributed by atoms with van der Waals surface area (Å²) in [6, 6.07) is 0. The highest BCUT2D eigenvalue weighted by Gasteiger charge is 2.53. The third kappa shape index (κ3) is 1.61. The zero-order valence-corrected chi connectivity index (χ0v) is 9.86. The molecule has 0 bridgehead atoms. The van der Waals surface area contributed by atoms with Crippen LogP contribution in [0, 0.1) is 18.3 Å². The second kappa shape index (κ2) is 3.11. The van der Waals surface area contributed by atoms with Crippen molar-refractivity contribution >= 4 is 22.4 Å². The van der Waals surface area contributed by atoms with E-state index >= 15 is 0 Å². The van der Waals surface area contributed by atoms with E-state index in [0.717, 1.165) is 18.0 Å². The lowest BCUT2D eigenvalue weighted by Crippen LogP contribution is -2.17. The predicted octanol–water partition coefficient (Wildman–Crippen LogP) is 2.64. The number of anilines is 2. The van der Waals surface area contributed by atoms with Crippen LogP contribution in [0.25, 0.3) is 0 Å². The van der Waals surface area contributed by atoms with Crippen molar-refractivity contribution < 1.29 is 0 Å². The van der Waals surface area contributed by atoms with Crippen LogP contribution in [0.15, 0.2) is 0 Å². The lowest BCUT2D eigenvalue weighted by atomic mass is 10.0. The number of nitrogens with zero attached hydrogens (tertiary/aromatic N) is 1. The molecule has 0 spiro atoms. The van der Waals surface area contributed by atoms with E-state index in [0.29, 0.717) is 11.2 Å². The topological polar surface area (TPSA) is 50.9 Å². The molecular formula is C11H17N3S. The maximum absolute atomic E-state index is 5.73. The Morgan fingerprint density at radius 3 is 2.73 bits per heavy atom. The zero-order chi connectivity index (χ0) is 10.5. The summed E-state index contributed by atoms with van der Waals surface area (Å²) in [6.45, 7) is 3.16. The normalized spacial score (nSPS) is 22.7. The van der Waals surface area contributed by atoms with Crippen LogP contribution in [0.2, 0.25) is 0 Å². The number of hydrogen-bond acceptors (Lipinski definition) is 4. The second-order valence-corrected chi connectivity index (χ2v) is 5.79. The van der Waals surface area contributed by atoms with E-state index in [-0.39, 0.29) is 0 Å². The second-order valence-electron chi connectivity index (χ2n) is 5.01.